The lowest BCUT2D eigenvalue weighted by Gasteiger charge is -2.15. The lowest BCUT2D eigenvalue weighted by molar-refractivity contribution is -0.119. The van der Waals surface area contributed by atoms with Crippen molar-refractivity contribution >= 4 is 34.8 Å². The third-order valence-electron chi connectivity index (χ3n) is 3.91. The number of hydrogen-bond acceptors (Lipinski definition) is 3. The number of nitrogens with zero attached hydrogens (tertiary/aromatic N) is 2. The minimum atomic E-state index is -0.747. The van der Waals surface area contributed by atoms with Crippen molar-refractivity contribution in [2.75, 3.05) is 5.32 Å². The quantitative estimate of drug-likeness (QED) is 0.922. The first-order valence-corrected chi connectivity index (χ1v) is 8.09. The van der Waals surface area contributed by atoms with Crippen LogP contribution in [0.4, 0.5) is 5.69 Å². The number of rotatable bonds is 3. The number of anilines is 1. The fraction of sp³-hybridized carbons (Fsp3) is 0.312. The fourth-order valence-electron chi connectivity index (χ4n) is 2.63. The summed E-state index contributed by atoms with van der Waals surface area (Å²) in [6, 6.07) is 5.63. The zero-order valence-electron chi connectivity index (χ0n) is 12.5. The van der Waals surface area contributed by atoms with E-state index in [1.807, 2.05) is 0 Å². The Balaban J connectivity index is 1.85. The second-order valence-corrected chi connectivity index (χ2v) is 6.39. The summed E-state index contributed by atoms with van der Waals surface area (Å²) in [5.74, 6) is -0.373. The number of halogens is 2. The normalized spacial score (nSPS) is 14.4. The summed E-state index contributed by atoms with van der Waals surface area (Å²) in [4.78, 5) is 24.6. The molecule has 1 amide bonds. The average molecular weight is 352 g/mol. The van der Waals surface area contributed by atoms with Gasteiger partial charge in [-0.05, 0) is 49.9 Å². The molecule has 0 radical (unpaired) electrons. The minimum absolute atomic E-state index is 0.273. The van der Waals surface area contributed by atoms with Crippen LogP contribution in [-0.2, 0) is 17.6 Å². The van der Waals surface area contributed by atoms with Crippen LogP contribution < -0.4 is 10.9 Å². The van der Waals surface area contributed by atoms with Gasteiger partial charge in [0.05, 0.1) is 16.4 Å². The molecule has 1 aliphatic carbocycles. The molecule has 23 heavy (non-hydrogen) atoms. The van der Waals surface area contributed by atoms with Crippen molar-refractivity contribution in [3.8, 4) is 0 Å². The standard InChI is InChI=1S/C16H15Cl2N3O2/c1-9(16(23)19-14-8-11(17)5-6-12(14)18)21-15(22)7-10-3-2-4-13(10)20-21/h5-9H,2-4H2,1H3,(H,19,23). The maximum absolute atomic E-state index is 12.4. The molecule has 0 aliphatic heterocycles. The number of hydrogen-bond donors (Lipinski definition) is 1. The molecular weight excluding hydrogens is 337 g/mol. The van der Waals surface area contributed by atoms with Gasteiger partial charge in [0.15, 0.2) is 0 Å². The average Bonchev–Trinajstić information content (AvgIpc) is 2.96. The molecule has 1 aromatic heterocycles. The Morgan fingerprint density at radius 1 is 1.30 bits per heavy atom. The molecule has 7 heteroatoms. The largest absolute Gasteiger partial charge is 0.323 e. The van der Waals surface area contributed by atoms with Gasteiger partial charge in [-0.1, -0.05) is 23.2 Å². The van der Waals surface area contributed by atoms with Crippen LogP contribution in [0.5, 0.6) is 0 Å². The Morgan fingerprint density at radius 2 is 2.09 bits per heavy atom. The van der Waals surface area contributed by atoms with Crippen LogP contribution in [0.15, 0.2) is 29.1 Å². The van der Waals surface area contributed by atoms with Crippen LogP contribution in [0.1, 0.15) is 30.6 Å². The summed E-state index contributed by atoms with van der Waals surface area (Å²) >= 11 is 11.9. The van der Waals surface area contributed by atoms with E-state index in [4.69, 9.17) is 23.2 Å². The third-order valence-corrected chi connectivity index (χ3v) is 4.48. The third kappa shape index (κ3) is 3.26. The Bertz CT molecular complexity index is 833. The second-order valence-electron chi connectivity index (χ2n) is 5.54. The molecule has 1 atom stereocenters. The van der Waals surface area contributed by atoms with E-state index in [0.717, 1.165) is 30.5 Å². The second kappa shape index (κ2) is 6.34. The van der Waals surface area contributed by atoms with E-state index in [0.29, 0.717) is 15.7 Å². The lowest BCUT2D eigenvalue weighted by atomic mass is 10.2. The summed E-state index contributed by atoms with van der Waals surface area (Å²) in [7, 11) is 0. The number of carbonyl (C=O) groups excluding carboxylic acids is 1. The van der Waals surface area contributed by atoms with Gasteiger partial charge in [-0.3, -0.25) is 9.59 Å². The predicted octanol–water partition coefficient (Wildman–Crippen LogP) is 3.24. The molecule has 0 spiro atoms. The smallest absolute Gasteiger partial charge is 0.267 e. The number of aromatic nitrogens is 2. The summed E-state index contributed by atoms with van der Waals surface area (Å²) < 4.78 is 1.22. The molecule has 0 fully saturated rings. The van der Waals surface area contributed by atoms with Crippen LogP contribution in [0.3, 0.4) is 0 Å². The van der Waals surface area contributed by atoms with E-state index in [1.165, 1.54) is 4.68 Å². The molecule has 2 aromatic rings. The first kappa shape index (κ1) is 16.0. The first-order chi connectivity index (χ1) is 11.0. The van der Waals surface area contributed by atoms with E-state index < -0.39 is 6.04 Å². The number of fused-ring (bicyclic) bond motifs is 1. The molecule has 1 N–H and O–H groups in total. The Morgan fingerprint density at radius 3 is 2.87 bits per heavy atom. The van der Waals surface area contributed by atoms with Gasteiger partial charge in [-0.15, -0.1) is 0 Å². The molecule has 1 aliphatic rings. The number of nitrogens with one attached hydrogen (secondary N) is 1. The highest BCUT2D eigenvalue weighted by atomic mass is 35.5. The van der Waals surface area contributed by atoms with Crippen molar-refractivity contribution in [2.24, 2.45) is 0 Å². The number of benzene rings is 1. The molecule has 0 saturated heterocycles. The summed E-state index contributed by atoms with van der Waals surface area (Å²) in [6.07, 6.45) is 2.70. The Labute approximate surface area is 143 Å². The van der Waals surface area contributed by atoms with Crippen LogP contribution >= 0.6 is 23.2 Å². The van der Waals surface area contributed by atoms with Crippen LogP contribution in [0.25, 0.3) is 0 Å². The first-order valence-electron chi connectivity index (χ1n) is 7.33. The van der Waals surface area contributed by atoms with Crippen molar-refractivity contribution in [3.63, 3.8) is 0 Å². The molecule has 1 unspecified atom stereocenters. The van der Waals surface area contributed by atoms with E-state index in [2.05, 4.69) is 10.4 Å². The Hall–Kier alpha value is -1.85. The van der Waals surface area contributed by atoms with Crippen molar-refractivity contribution < 1.29 is 4.79 Å². The topological polar surface area (TPSA) is 64.0 Å². The molecule has 0 saturated carbocycles. The SMILES string of the molecule is CC(C(=O)Nc1cc(Cl)ccc1Cl)n1nc2c(cc1=O)CCC2. The summed E-state index contributed by atoms with van der Waals surface area (Å²) in [5.41, 5.74) is 2.01. The van der Waals surface area contributed by atoms with Crippen molar-refractivity contribution in [3.05, 3.63) is 55.9 Å². The van der Waals surface area contributed by atoms with Gasteiger partial charge in [0.25, 0.3) is 5.56 Å². The number of aryl methyl sites for hydroxylation is 2. The van der Waals surface area contributed by atoms with E-state index in [-0.39, 0.29) is 11.5 Å². The summed E-state index contributed by atoms with van der Waals surface area (Å²) in [5, 5.41) is 7.87. The van der Waals surface area contributed by atoms with Crippen LogP contribution in [0.2, 0.25) is 10.0 Å². The van der Waals surface area contributed by atoms with Gasteiger partial charge in [0.2, 0.25) is 5.91 Å². The Kier molecular flexibility index (Phi) is 4.41. The highest BCUT2D eigenvalue weighted by Crippen LogP contribution is 2.26. The van der Waals surface area contributed by atoms with Gasteiger partial charge in [0.1, 0.15) is 6.04 Å². The maximum Gasteiger partial charge on any atom is 0.267 e. The molecule has 120 valence electrons. The van der Waals surface area contributed by atoms with Crippen LogP contribution in [-0.4, -0.2) is 15.7 Å². The minimum Gasteiger partial charge on any atom is -0.323 e. The molecule has 1 aromatic carbocycles. The fourth-order valence-corrected chi connectivity index (χ4v) is 2.97. The molecule has 0 bridgehead atoms. The van der Waals surface area contributed by atoms with Crippen molar-refractivity contribution in [1.82, 2.24) is 9.78 Å². The molecular formula is C16H15Cl2N3O2. The molecule has 3 rings (SSSR count). The van der Waals surface area contributed by atoms with Gasteiger partial charge in [-0.2, -0.15) is 5.10 Å². The van der Waals surface area contributed by atoms with Crippen molar-refractivity contribution in [2.45, 2.75) is 32.2 Å². The van der Waals surface area contributed by atoms with E-state index in [1.54, 1.807) is 31.2 Å². The van der Waals surface area contributed by atoms with Gasteiger partial charge < -0.3 is 5.32 Å². The predicted molar refractivity (Wildman–Crippen MR) is 90.3 cm³/mol. The molecule has 1 heterocycles. The van der Waals surface area contributed by atoms with Crippen molar-refractivity contribution in [1.29, 1.82) is 0 Å². The van der Waals surface area contributed by atoms with E-state index >= 15 is 0 Å². The highest BCUT2D eigenvalue weighted by molar-refractivity contribution is 6.35. The lowest BCUT2D eigenvalue weighted by Crippen LogP contribution is -2.34. The summed E-state index contributed by atoms with van der Waals surface area (Å²) in [6.45, 7) is 1.63. The van der Waals surface area contributed by atoms with E-state index in [9.17, 15) is 9.59 Å². The highest BCUT2D eigenvalue weighted by Gasteiger charge is 2.22. The maximum atomic E-state index is 12.4. The number of carbonyl (C=O) groups is 1. The molecule has 5 nitrogen and oxygen atoms in total. The van der Waals surface area contributed by atoms with Gasteiger partial charge in [0, 0.05) is 11.1 Å². The zero-order valence-corrected chi connectivity index (χ0v) is 14.0. The zero-order chi connectivity index (χ0) is 16.6. The monoisotopic (exact) mass is 351 g/mol. The van der Waals surface area contributed by atoms with Crippen LogP contribution in [0, 0.1) is 0 Å². The number of amides is 1. The van der Waals surface area contributed by atoms with Gasteiger partial charge >= 0.3 is 0 Å². The van der Waals surface area contributed by atoms with Gasteiger partial charge in [-0.25, -0.2) is 4.68 Å².